The zero-order chi connectivity index (χ0) is 13.2. The largest absolute Gasteiger partial charge is 0.458 e. The summed E-state index contributed by atoms with van der Waals surface area (Å²) in [6, 6.07) is 4.17. The molecule has 4 heteroatoms. The Bertz CT molecular complexity index is 546. The van der Waals surface area contributed by atoms with Crippen molar-refractivity contribution < 1.29 is 4.42 Å². The Morgan fingerprint density at radius 2 is 2.32 bits per heavy atom. The number of hydrogen-bond acceptors (Lipinski definition) is 4. The zero-order valence-electron chi connectivity index (χ0n) is 11.5. The van der Waals surface area contributed by atoms with Crippen LogP contribution in [0.2, 0.25) is 0 Å². The lowest BCUT2D eigenvalue weighted by atomic mass is 10.3. The van der Waals surface area contributed by atoms with E-state index in [0.717, 1.165) is 47.7 Å². The average Bonchev–Trinajstić information content (AvgIpc) is 2.87. The maximum Gasteiger partial charge on any atom is 0.162 e. The van der Waals surface area contributed by atoms with E-state index in [-0.39, 0.29) is 0 Å². The molecule has 2 unspecified atom stereocenters. The van der Waals surface area contributed by atoms with Crippen molar-refractivity contribution in [2.24, 2.45) is 5.92 Å². The fraction of sp³-hybridized carbons (Fsp3) is 0.533. The molecule has 0 aliphatic heterocycles. The molecule has 0 saturated heterocycles. The number of rotatable bonds is 6. The van der Waals surface area contributed by atoms with E-state index in [2.05, 4.69) is 41.7 Å². The minimum Gasteiger partial charge on any atom is -0.458 e. The second kappa shape index (κ2) is 5.47. The van der Waals surface area contributed by atoms with Gasteiger partial charge in [0, 0.05) is 17.8 Å². The molecule has 1 saturated carbocycles. The molecule has 1 aliphatic rings. The molecule has 19 heavy (non-hydrogen) atoms. The van der Waals surface area contributed by atoms with Gasteiger partial charge in [0.15, 0.2) is 10.8 Å². The van der Waals surface area contributed by atoms with Crippen LogP contribution >= 0.6 is 11.3 Å². The molecule has 3 rings (SSSR count). The Labute approximate surface area is 118 Å². The van der Waals surface area contributed by atoms with Crippen molar-refractivity contribution in [2.75, 3.05) is 6.54 Å². The highest BCUT2D eigenvalue weighted by molar-refractivity contribution is 7.13. The molecule has 1 aliphatic carbocycles. The Balaban J connectivity index is 1.66. The molecule has 3 nitrogen and oxygen atoms in total. The van der Waals surface area contributed by atoms with Crippen LogP contribution in [0.25, 0.3) is 10.8 Å². The molecule has 0 aromatic carbocycles. The second-order valence-electron chi connectivity index (χ2n) is 5.34. The molecule has 0 amide bonds. The van der Waals surface area contributed by atoms with Gasteiger partial charge in [0.2, 0.25) is 0 Å². The molecule has 2 aromatic rings. The molecule has 0 radical (unpaired) electrons. The van der Waals surface area contributed by atoms with Gasteiger partial charge in [-0.15, -0.1) is 11.3 Å². The van der Waals surface area contributed by atoms with Gasteiger partial charge in [0.05, 0.1) is 5.69 Å². The first-order chi connectivity index (χ1) is 9.28. The molecular weight excluding hydrogens is 256 g/mol. The zero-order valence-corrected chi connectivity index (χ0v) is 12.3. The summed E-state index contributed by atoms with van der Waals surface area (Å²) in [5.41, 5.74) is 1.10. The summed E-state index contributed by atoms with van der Waals surface area (Å²) in [7, 11) is 0. The van der Waals surface area contributed by atoms with E-state index in [1.165, 1.54) is 6.42 Å². The molecule has 2 aromatic heterocycles. The van der Waals surface area contributed by atoms with Crippen LogP contribution in [0.3, 0.4) is 0 Å². The topological polar surface area (TPSA) is 38.1 Å². The summed E-state index contributed by atoms with van der Waals surface area (Å²) >= 11 is 1.66. The van der Waals surface area contributed by atoms with Crippen molar-refractivity contribution in [1.29, 1.82) is 0 Å². The smallest absolute Gasteiger partial charge is 0.162 e. The Hall–Kier alpha value is -1.13. The van der Waals surface area contributed by atoms with E-state index in [1.54, 1.807) is 11.3 Å². The Kier molecular flexibility index (Phi) is 3.71. The van der Waals surface area contributed by atoms with Crippen molar-refractivity contribution >= 4 is 11.3 Å². The number of nitrogens with zero attached hydrogens (tertiary/aromatic N) is 1. The molecule has 1 N–H and O–H groups in total. The summed E-state index contributed by atoms with van der Waals surface area (Å²) in [6.45, 7) is 6.32. The summed E-state index contributed by atoms with van der Waals surface area (Å²) < 4.78 is 5.93. The van der Waals surface area contributed by atoms with Crippen LogP contribution in [0.4, 0.5) is 0 Å². The highest BCUT2D eigenvalue weighted by atomic mass is 32.1. The van der Waals surface area contributed by atoms with Crippen molar-refractivity contribution in [3.8, 4) is 10.8 Å². The first-order valence-corrected chi connectivity index (χ1v) is 7.91. The minimum atomic E-state index is 0.638. The van der Waals surface area contributed by atoms with Crippen LogP contribution in [0.15, 0.2) is 21.9 Å². The predicted molar refractivity (Wildman–Crippen MR) is 78.3 cm³/mol. The van der Waals surface area contributed by atoms with E-state index in [9.17, 15) is 0 Å². The van der Waals surface area contributed by atoms with Gasteiger partial charge >= 0.3 is 0 Å². The van der Waals surface area contributed by atoms with Crippen molar-refractivity contribution in [2.45, 2.75) is 39.2 Å². The van der Waals surface area contributed by atoms with E-state index >= 15 is 0 Å². The van der Waals surface area contributed by atoms with Crippen LogP contribution < -0.4 is 5.32 Å². The first-order valence-electron chi connectivity index (χ1n) is 7.03. The van der Waals surface area contributed by atoms with Crippen molar-refractivity contribution in [3.05, 3.63) is 29.0 Å². The van der Waals surface area contributed by atoms with Gasteiger partial charge in [-0.3, -0.25) is 0 Å². The number of aromatic nitrogens is 1. The van der Waals surface area contributed by atoms with Crippen molar-refractivity contribution in [1.82, 2.24) is 10.3 Å². The third-order valence-electron chi connectivity index (χ3n) is 3.60. The lowest BCUT2D eigenvalue weighted by molar-refractivity contribution is 0.518. The van der Waals surface area contributed by atoms with E-state index in [1.807, 2.05) is 0 Å². The van der Waals surface area contributed by atoms with Gasteiger partial charge in [0.25, 0.3) is 0 Å². The summed E-state index contributed by atoms with van der Waals surface area (Å²) in [4.78, 5) is 4.63. The fourth-order valence-electron chi connectivity index (χ4n) is 2.28. The molecule has 102 valence electrons. The average molecular weight is 276 g/mol. The van der Waals surface area contributed by atoms with E-state index < -0.39 is 0 Å². The summed E-state index contributed by atoms with van der Waals surface area (Å²) in [5, 5.41) is 6.47. The molecule has 0 bridgehead atoms. The third kappa shape index (κ3) is 2.90. The number of nitrogens with one attached hydrogen (secondary N) is 1. The Morgan fingerprint density at radius 1 is 1.47 bits per heavy atom. The van der Waals surface area contributed by atoms with Gasteiger partial charge in [0.1, 0.15) is 5.76 Å². The fourth-order valence-corrected chi connectivity index (χ4v) is 3.06. The van der Waals surface area contributed by atoms with Crippen LogP contribution in [-0.4, -0.2) is 11.5 Å². The van der Waals surface area contributed by atoms with Gasteiger partial charge < -0.3 is 9.73 Å². The van der Waals surface area contributed by atoms with E-state index in [0.29, 0.717) is 5.92 Å². The molecule has 2 atom stereocenters. The highest BCUT2D eigenvalue weighted by Gasteiger charge is 2.36. The molecule has 0 spiro atoms. The predicted octanol–water partition coefficient (Wildman–Crippen LogP) is 4.03. The van der Waals surface area contributed by atoms with Crippen LogP contribution in [0.5, 0.6) is 0 Å². The van der Waals surface area contributed by atoms with Gasteiger partial charge in [-0.05, 0) is 37.4 Å². The quantitative estimate of drug-likeness (QED) is 0.810. The molecular formula is C15H20N2OS. The van der Waals surface area contributed by atoms with Gasteiger partial charge in [-0.2, -0.15) is 0 Å². The first kappa shape index (κ1) is 12.9. The van der Waals surface area contributed by atoms with Crippen LogP contribution in [0.1, 0.15) is 44.1 Å². The summed E-state index contributed by atoms with van der Waals surface area (Å²) in [6.07, 6.45) is 2.41. The SMILES string of the molecule is CCCNCc1csc(-c2ccc(C3CC3C)o2)n1. The van der Waals surface area contributed by atoms with Gasteiger partial charge in [-0.1, -0.05) is 13.8 Å². The highest BCUT2D eigenvalue weighted by Crippen LogP contribution is 2.48. The third-order valence-corrected chi connectivity index (χ3v) is 4.50. The lowest BCUT2D eigenvalue weighted by Crippen LogP contribution is -2.13. The minimum absolute atomic E-state index is 0.638. The number of thiazole rings is 1. The standard InChI is InChI=1S/C15H20N2OS/c1-3-6-16-8-11-9-19-15(17-11)14-5-4-13(18-14)12-7-10(12)2/h4-5,9-10,12,16H,3,6-8H2,1-2H3. The lowest BCUT2D eigenvalue weighted by Gasteiger charge is -1.98. The van der Waals surface area contributed by atoms with Crippen LogP contribution in [0, 0.1) is 5.92 Å². The van der Waals surface area contributed by atoms with E-state index in [4.69, 9.17) is 4.42 Å². The second-order valence-corrected chi connectivity index (χ2v) is 6.20. The summed E-state index contributed by atoms with van der Waals surface area (Å²) in [5.74, 6) is 3.47. The monoisotopic (exact) mass is 276 g/mol. The maximum absolute atomic E-state index is 5.93. The van der Waals surface area contributed by atoms with Gasteiger partial charge in [-0.25, -0.2) is 4.98 Å². The number of hydrogen-bond donors (Lipinski definition) is 1. The van der Waals surface area contributed by atoms with Crippen molar-refractivity contribution in [3.63, 3.8) is 0 Å². The molecule has 2 heterocycles. The molecule has 1 fully saturated rings. The maximum atomic E-state index is 5.93. The number of furan rings is 1. The Morgan fingerprint density at radius 3 is 3.05 bits per heavy atom. The van der Waals surface area contributed by atoms with Crippen LogP contribution in [-0.2, 0) is 6.54 Å². The normalized spacial score (nSPS) is 21.8.